The second-order valence-electron chi connectivity index (χ2n) is 8.44. The zero-order valence-electron chi connectivity index (χ0n) is 18.7. The number of ether oxygens (including phenoxy) is 1. The lowest BCUT2D eigenvalue weighted by atomic mass is 9.90. The Bertz CT molecular complexity index is 671. The van der Waals surface area contributed by atoms with Crippen LogP contribution in [0.15, 0.2) is 35.3 Å². The zero-order valence-corrected chi connectivity index (χ0v) is 18.7. The van der Waals surface area contributed by atoms with Crippen LogP contribution in [0.5, 0.6) is 0 Å². The van der Waals surface area contributed by atoms with Gasteiger partial charge in [0.25, 0.3) is 0 Å². The van der Waals surface area contributed by atoms with Crippen LogP contribution in [0.4, 0.5) is 0 Å². The average molecular weight is 415 g/mol. The van der Waals surface area contributed by atoms with Gasteiger partial charge in [0, 0.05) is 45.2 Å². The van der Waals surface area contributed by atoms with Crippen LogP contribution in [0.1, 0.15) is 38.7 Å². The van der Waals surface area contributed by atoms with Crippen molar-refractivity contribution in [3.8, 4) is 0 Å². The van der Waals surface area contributed by atoms with Crippen molar-refractivity contribution in [1.29, 1.82) is 0 Å². The van der Waals surface area contributed by atoms with Crippen molar-refractivity contribution in [2.24, 2.45) is 16.8 Å². The molecule has 6 nitrogen and oxygen atoms in total. The van der Waals surface area contributed by atoms with Crippen molar-refractivity contribution >= 4 is 11.9 Å². The molecule has 30 heavy (non-hydrogen) atoms. The lowest BCUT2D eigenvalue weighted by molar-refractivity contribution is -0.131. The Kier molecular flexibility index (Phi) is 9.00. The van der Waals surface area contributed by atoms with Gasteiger partial charge in [-0.1, -0.05) is 30.3 Å². The maximum absolute atomic E-state index is 12.7. The van der Waals surface area contributed by atoms with E-state index in [1.165, 1.54) is 5.56 Å². The number of rotatable bonds is 8. The molecule has 1 amide bonds. The van der Waals surface area contributed by atoms with E-state index in [4.69, 9.17) is 4.74 Å². The standard InChI is InChI=1S/C24H38N4O2/c1-3-25-24(28-15-12-22(18-28)19-30-4-2)26-17-23(29)27-13-10-21(11-14-27)16-20-8-6-5-7-9-20/h5-9,21-22H,3-4,10-19H2,1-2H3,(H,25,26). The first kappa shape index (κ1) is 22.6. The summed E-state index contributed by atoms with van der Waals surface area (Å²) in [5.41, 5.74) is 1.40. The quantitative estimate of drug-likeness (QED) is 0.525. The van der Waals surface area contributed by atoms with Crippen LogP contribution < -0.4 is 5.32 Å². The van der Waals surface area contributed by atoms with Gasteiger partial charge >= 0.3 is 0 Å². The molecule has 2 aliphatic rings. The van der Waals surface area contributed by atoms with Crippen LogP contribution in [0.25, 0.3) is 0 Å². The summed E-state index contributed by atoms with van der Waals surface area (Å²) in [6.07, 6.45) is 4.39. The minimum atomic E-state index is 0.147. The molecule has 0 spiro atoms. The normalized spacial score (nSPS) is 20.6. The molecule has 166 valence electrons. The number of nitrogens with one attached hydrogen (secondary N) is 1. The van der Waals surface area contributed by atoms with Gasteiger partial charge in [-0.05, 0) is 51.0 Å². The molecule has 1 unspecified atom stereocenters. The number of guanidine groups is 1. The first-order valence-corrected chi connectivity index (χ1v) is 11.6. The van der Waals surface area contributed by atoms with E-state index in [9.17, 15) is 4.79 Å². The highest BCUT2D eigenvalue weighted by Gasteiger charge is 2.26. The Morgan fingerprint density at radius 2 is 1.77 bits per heavy atom. The predicted molar refractivity (Wildman–Crippen MR) is 122 cm³/mol. The van der Waals surface area contributed by atoms with Crippen molar-refractivity contribution < 1.29 is 9.53 Å². The molecular formula is C24H38N4O2. The molecule has 6 heteroatoms. The molecule has 0 aliphatic carbocycles. The maximum Gasteiger partial charge on any atom is 0.244 e. The molecule has 3 rings (SSSR count). The summed E-state index contributed by atoms with van der Waals surface area (Å²) in [5.74, 6) is 2.23. The van der Waals surface area contributed by atoms with E-state index in [1.54, 1.807) is 0 Å². The maximum atomic E-state index is 12.7. The van der Waals surface area contributed by atoms with Crippen LogP contribution >= 0.6 is 0 Å². The number of benzene rings is 1. The highest BCUT2D eigenvalue weighted by molar-refractivity contribution is 5.85. The molecule has 1 aromatic carbocycles. The third kappa shape index (κ3) is 6.73. The van der Waals surface area contributed by atoms with Crippen LogP contribution in [-0.4, -0.2) is 74.1 Å². The van der Waals surface area contributed by atoms with Gasteiger partial charge in [0.2, 0.25) is 5.91 Å². The van der Waals surface area contributed by atoms with Gasteiger partial charge in [0.1, 0.15) is 6.54 Å². The minimum absolute atomic E-state index is 0.147. The van der Waals surface area contributed by atoms with Gasteiger partial charge in [-0.2, -0.15) is 0 Å². The summed E-state index contributed by atoms with van der Waals surface area (Å²) < 4.78 is 5.58. The average Bonchev–Trinajstić information content (AvgIpc) is 3.25. The number of carbonyl (C=O) groups is 1. The van der Waals surface area contributed by atoms with Crippen LogP contribution in [-0.2, 0) is 16.0 Å². The summed E-state index contributed by atoms with van der Waals surface area (Å²) in [6, 6.07) is 10.7. The van der Waals surface area contributed by atoms with E-state index in [0.29, 0.717) is 11.8 Å². The van der Waals surface area contributed by atoms with Crippen molar-refractivity contribution in [2.45, 2.75) is 39.5 Å². The van der Waals surface area contributed by atoms with Crippen molar-refractivity contribution in [1.82, 2.24) is 15.1 Å². The van der Waals surface area contributed by atoms with Gasteiger partial charge in [-0.3, -0.25) is 4.79 Å². The minimum Gasteiger partial charge on any atom is -0.381 e. The topological polar surface area (TPSA) is 57.2 Å². The Balaban J connectivity index is 1.45. The third-order valence-corrected chi connectivity index (χ3v) is 6.18. The van der Waals surface area contributed by atoms with Crippen LogP contribution in [0, 0.1) is 11.8 Å². The van der Waals surface area contributed by atoms with E-state index in [1.807, 2.05) is 11.8 Å². The van der Waals surface area contributed by atoms with Gasteiger partial charge < -0.3 is 19.9 Å². The molecule has 2 aliphatic heterocycles. The molecule has 2 fully saturated rings. The van der Waals surface area contributed by atoms with Gasteiger partial charge in [0.05, 0.1) is 6.61 Å². The smallest absolute Gasteiger partial charge is 0.244 e. The lowest BCUT2D eigenvalue weighted by Crippen LogP contribution is -2.43. The number of amides is 1. The van der Waals surface area contributed by atoms with E-state index < -0.39 is 0 Å². The molecule has 2 saturated heterocycles. The number of piperidine rings is 1. The number of hydrogen-bond acceptors (Lipinski definition) is 3. The summed E-state index contributed by atoms with van der Waals surface area (Å²) in [5, 5.41) is 3.36. The monoisotopic (exact) mass is 414 g/mol. The van der Waals surface area contributed by atoms with E-state index in [0.717, 1.165) is 77.6 Å². The highest BCUT2D eigenvalue weighted by Crippen LogP contribution is 2.22. The Morgan fingerprint density at radius 3 is 2.47 bits per heavy atom. The van der Waals surface area contributed by atoms with Crippen molar-refractivity contribution in [3.05, 3.63) is 35.9 Å². The summed E-state index contributed by atoms with van der Waals surface area (Å²) in [4.78, 5) is 21.7. The SMILES string of the molecule is CCNC(=NCC(=O)N1CCC(Cc2ccccc2)CC1)N1CCC(COCC)C1. The fraction of sp³-hybridized carbons (Fsp3) is 0.667. The lowest BCUT2D eigenvalue weighted by Gasteiger charge is -2.32. The van der Waals surface area contributed by atoms with Crippen LogP contribution in [0.3, 0.4) is 0 Å². The van der Waals surface area contributed by atoms with E-state index >= 15 is 0 Å². The molecule has 1 atom stereocenters. The second-order valence-corrected chi connectivity index (χ2v) is 8.44. The first-order chi connectivity index (χ1) is 14.7. The number of carbonyl (C=O) groups excluding carboxylic acids is 1. The Labute approximate surface area is 181 Å². The molecule has 0 saturated carbocycles. The molecular weight excluding hydrogens is 376 g/mol. The van der Waals surface area contributed by atoms with Gasteiger partial charge in [-0.25, -0.2) is 4.99 Å². The molecule has 2 heterocycles. The number of likely N-dealkylation sites (tertiary alicyclic amines) is 2. The van der Waals surface area contributed by atoms with Crippen LogP contribution in [0.2, 0.25) is 0 Å². The summed E-state index contributed by atoms with van der Waals surface area (Å²) >= 11 is 0. The predicted octanol–water partition coefficient (Wildman–Crippen LogP) is 2.79. The van der Waals surface area contributed by atoms with E-state index in [2.05, 4.69) is 52.5 Å². The first-order valence-electron chi connectivity index (χ1n) is 11.6. The highest BCUT2D eigenvalue weighted by atomic mass is 16.5. The number of nitrogens with zero attached hydrogens (tertiary/aromatic N) is 3. The molecule has 1 N–H and O–H groups in total. The second kappa shape index (κ2) is 11.9. The van der Waals surface area contributed by atoms with Crippen molar-refractivity contribution in [3.63, 3.8) is 0 Å². The third-order valence-electron chi connectivity index (χ3n) is 6.18. The molecule has 1 aromatic rings. The summed E-state index contributed by atoms with van der Waals surface area (Å²) in [6.45, 7) is 10.4. The number of aliphatic imine (C=N–C) groups is 1. The Morgan fingerprint density at radius 1 is 1.07 bits per heavy atom. The zero-order chi connectivity index (χ0) is 21.2. The van der Waals surface area contributed by atoms with Gasteiger partial charge in [-0.15, -0.1) is 0 Å². The molecule has 0 bridgehead atoms. The Hall–Kier alpha value is -2.08. The fourth-order valence-electron chi connectivity index (χ4n) is 4.45. The molecule has 0 aromatic heterocycles. The largest absolute Gasteiger partial charge is 0.381 e. The van der Waals surface area contributed by atoms with Crippen molar-refractivity contribution in [2.75, 3.05) is 52.5 Å². The summed E-state index contributed by atoms with van der Waals surface area (Å²) in [7, 11) is 0. The fourth-order valence-corrected chi connectivity index (χ4v) is 4.45. The van der Waals surface area contributed by atoms with E-state index in [-0.39, 0.29) is 12.5 Å². The van der Waals surface area contributed by atoms with Gasteiger partial charge in [0.15, 0.2) is 5.96 Å². The number of hydrogen-bond donors (Lipinski definition) is 1. The molecule has 0 radical (unpaired) electrons.